The van der Waals surface area contributed by atoms with E-state index in [2.05, 4.69) is 0 Å². The van der Waals surface area contributed by atoms with E-state index in [4.69, 9.17) is 15.3 Å². The number of hydrogen-bond acceptors (Lipinski definition) is 3. The summed E-state index contributed by atoms with van der Waals surface area (Å²) in [6.45, 7) is 0. The summed E-state index contributed by atoms with van der Waals surface area (Å²) in [5.74, 6) is -0.814. The Kier molecular flexibility index (Phi) is 5.82. The molecule has 0 saturated heterocycles. The van der Waals surface area contributed by atoms with Crippen molar-refractivity contribution in [2.75, 3.05) is 7.11 Å². The highest BCUT2D eigenvalue weighted by Crippen LogP contribution is 2.10. The van der Waals surface area contributed by atoms with Crippen LogP contribution in [-0.2, 0) is 4.79 Å². The number of aromatic hydroxyl groups is 1. The molecule has 0 atom stereocenters. The molecule has 76 valence electrons. The molecule has 0 bridgehead atoms. The van der Waals surface area contributed by atoms with Gasteiger partial charge >= 0.3 is 5.97 Å². The molecular formula is C10H12O4. The van der Waals surface area contributed by atoms with Gasteiger partial charge in [0.2, 0.25) is 0 Å². The Morgan fingerprint density at radius 1 is 1.21 bits per heavy atom. The van der Waals surface area contributed by atoms with Crippen LogP contribution in [0.3, 0.4) is 0 Å². The van der Waals surface area contributed by atoms with Crippen LogP contribution in [-0.4, -0.2) is 28.4 Å². The first-order valence-electron chi connectivity index (χ1n) is 3.83. The maximum Gasteiger partial charge on any atom is 0.328 e. The van der Waals surface area contributed by atoms with E-state index in [1.807, 2.05) is 0 Å². The zero-order chi connectivity index (χ0) is 11.0. The first kappa shape index (κ1) is 12.2. The van der Waals surface area contributed by atoms with Gasteiger partial charge in [0.25, 0.3) is 0 Å². The molecule has 1 aromatic carbocycles. The van der Waals surface area contributed by atoms with E-state index in [0.29, 0.717) is 0 Å². The Hall–Kier alpha value is -1.81. The summed E-state index contributed by atoms with van der Waals surface area (Å²) in [5.41, 5.74) is 0.746. The van der Waals surface area contributed by atoms with Gasteiger partial charge in [-0.05, 0) is 23.8 Å². The van der Waals surface area contributed by atoms with Crippen LogP contribution < -0.4 is 0 Å². The summed E-state index contributed by atoms with van der Waals surface area (Å²) in [4.78, 5) is 10.1. The Morgan fingerprint density at radius 3 is 2.14 bits per heavy atom. The maximum atomic E-state index is 10.1. The summed E-state index contributed by atoms with van der Waals surface area (Å²) in [7, 11) is 1.00. The van der Waals surface area contributed by atoms with Crippen molar-refractivity contribution < 1.29 is 20.1 Å². The lowest BCUT2D eigenvalue weighted by atomic mass is 10.2. The number of aliphatic hydroxyl groups excluding tert-OH is 1. The van der Waals surface area contributed by atoms with E-state index in [1.54, 1.807) is 12.1 Å². The van der Waals surface area contributed by atoms with Crippen molar-refractivity contribution >= 4 is 12.0 Å². The minimum atomic E-state index is -0.983. The number of carboxylic acid groups (broad SMARTS) is 1. The predicted molar refractivity (Wildman–Crippen MR) is 52.9 cm³/mol. The third kappa shape index (κ3) is 4.95. The van der Waals surface area contributed by atoms with E-state index < -0.39 is 5.97 Å². The van der Waals surface area contributed by atoms with Gasteiger partial charge in [0.1, 0.15) is 5.75 Å². The second-order valence-corrected chi connectivity index (χ2v) is 2.26. The third-order valence-electron chi connectivity index (χ3n) is 1.31. The van der Waals surface area contributed by atoms with Gasteiger partial charge in [-0.2, -0.15) is 0 Å². The fourth-order valence-corrected chi connectivity index (χ4v) is 0.753. The fourth-order valence-electron chi connectivity index (χ4n) is 0.753. The highest BCUT2D eigenvalue weighted by atomic mass is 16.4. The van der Waals surface area contributed by atoms with E-state index in [1.165, 1.54) is 18.2 Å². The number of aliphatic hydroxyl groups is 1. The zero-order valence-corrected chi connectivity index (χ0v) is 7.71. The van der Waals surface area contributed by atoms with Crippen molar-refractivity contribution in [3.05, 3.63) is 35.9 Å². The Morgan fingerprint density at radius 2 is 1.71 bits per heavy atom. The van der Waals surface area contributed by atoms with Crippen LogP contribution >= 0.6 is 0 Å². The molecule has 0 radical (unpaired) electrons. The summed E-state index contributed by atoms with van der Waals surface area (Å²) in [6.07, 6.45) is 2.51. The standard InChI is InChI=1S/C9H8O3.CH4O/c10-8-4-1-7(2-5-8)3-6-9(11)12;1-2/h1-6,10H,(H,11,12);2H,1H3. The van der Waals surface area contributed by atoms with Gasteiger partial charge in [0, 0.05) is 13.2 Å². The molecule has 3 N–H and O–H groups in total. The Labute approximate surface area is 81.8 Å². The number of rotatable bonds is 2. The summed E-state index contributed by atoms with van der Waals surface area (Å²) < 4.78 is 0. The smallest absolute Gasteiger partial charge is 0.328 e. The van der Waals surface area contributed by atoms with Crippen LogP contribution in [0.25, 0.3) is 6.08 Å². The first-order chi connectivity index (χ1) is 6.68. The maximum absolute atomic E-state index is 10.1. The molecule has 1 aromatic rings. The van der Waals surface area contributed by atoms with Crippen LogP contribution in [0.4, 0.5) is 0 Å². The molecule has 0 unspecified atom stereocenters. The van der Waals surface area contributed by atoms with Gasteiger partial charge in [-0.25, -0.2) is 4.79 Å². The van der Waals surface area contributed by atoms with Crippen molar-refractivity contribution in [3.8, 4) is 5.75 Å². The van der Waals surface area contributed by atoms with Crippen molar-refractivity contribution in [1.29, 1.82) is 0 Å². The van der Waals surface area contributed by atoms with Crippen molar-refractivity contribution in [2.24, 2.45) is 0 Å². The highest BCUT2D eigenvalue weighted by molar-refractivity contribution is 5.85. The number of benzene rings is 1. The molecule has 0 aliphatic carbocycles. The average molecular weight is 196 g/mol. The number of hydrogen-bond donors (Lipinski definition) is 3. The van der Waals surface area contributed by atoms with Gasteiger partial charge in [-0.15, -0.1) is 0 Å². The molecule has 0 heterocycles. The van der Waals surface area contributed by atoms with Crippen LogP contribution in [0.1, 0.15) is 5.56 Å². The van der Waals surface area contributed by atoms with Gasteiger partial charge in [0.05, 0.1) is 0 Å². The zero-order valence-electron chi connectivity index (χ0n) is 7.71. The lowest BCUT2D eigenvalue weighted by Crippen LogP contribution is -1.85. The number of phenols is 1. The molecule has 0 saturated carbocycles. The second-order valence-electron chi connectivity index (χ2n) is 2.26. The lowest BCUT2D eigenvalue weighted by molar-refractivity contribution is -0.131. The predicted octanol–water partition coefficient (Wildman–Crippen LogP) is 1.10. The SMILES string of the molecule is CO.O=C(O)C=Cc1ccc(O)cc1. The summed E-state index contributed by atoms with van der Waals surface area (Å²) in [5, 5.41) is 24.2. The average Bonchev–Trinajstić information content (AvgIpc) is 2.20. The van der Waals surface area contributed by atoms with E-state index >= 15 is 0 Å². The normalized spacial score (nSPS) is 9.29. The van der Waals surface area contributed by atoms with Crippen LogP contribution in [0.2, 0.25) is 0 Å². The van der Waals surface area contributed by atoms with Crippen LogP contribution in [0.5, 0.6) is 5.75 Å². The van der Waals surface area contributed by atoms with E-state index in [0.717, 1.165) is 18.7 Å². The van der Waals surface area contributed by atoms with Crippen molar-refractivity contribution in [3.63, 3.8) is 0 Å². The second kappa shape index (κ2) is 6.68. The number of phenolic OH excluding ortho intramolecular Hbond substituents is 1. The van der Waals surface area contributed by atoms with Crippen LogP contribution in [0, 0.1) is 0 Å². The number of carboxylic acids is 1. The first-order valence-corrected chi connectivity index (χ1v) is 3.83. The molecule has 4 nitrogen and oxygen atoms in total. The van der Waals surface area contributed by atoms with Gasteiger partial charge in [0.15, 0.2) is 0 Å². The quantitative estimate of drug-likeness (QED) is 0.619. The van der Waals surface area contributed by atoms with Gasteiger partial charge in [-0.1, -0.05) is 12.1 Å². The molecule has 0 amide bonds. The molecule has 0 aromatic heterocycles. The number of carbonyl (C=O) groups is 1. The number of aliphatic carboxylic acids is 1. The molecule has 1 rings (SSSR count). The molecule has 0 fully saturated rings. The minimum absolute atomic E-state index is 0.169. The van der Waals surface area contributed by atoms with E-state index in [-0.39, 0.29) is 5.75 Å². The molecule has 0 aliphatic heterocycles. The molecule has 14 heavy (non-hydrogen) atoms. The topological polar surface area (TPSA) is 77.8 Å². The van der Waals surface area contributed by atoms with E-state index in [9.17, 15) is 4.79 Å². The van der Waals surface area contributed by atoms with Crippen molar-refractivity contribution in [1.82, 2.24) is 0 Å². The largest absolute Gasteiger partial charge is 0.508 e. The van der Waals surface area contributed by atoms with Crippen molar-refractivity contribution in [2.45, 2.75) is 0 Å². The molecular weight excluding hydrogens is 184 g/mol. The van der Waals surface area contributed by atoms with Gasteiger partial charge in [-0.3, -0.25) is 0 Å². The Bertz CT molecular complexity index is 300. The van der Waals surface area contributed by atoms with Gasteiger partial charge < -0.3 is 15.3 Å². The summed E-state index contributed by atoms with van der Waals surface area (Å²) in [6, 6.07) is 6.27. The summed E-state index contributed by atoms with van der Waals surface area (Å²) >= 11 is 0. The van der Waals surface area contributed by atoms with Crippen LogP contribution in [0.15, 0.2) is 30.3 Å². The monoisotopic (exact) mass is 196 g/mol. The lowest BCUT2D eigenvalue weighted by Gasteiger charge is -1.92. The molecule has 0 aliphatic rings. The minimum Gasteiger partial charge on any atom is -0.508 e. The third-order valence-corrected chi connectivity index (χ3v) is 1.31. The fraction of sp³-hybridized carbons (Fsp3) is 0.100. The molecule has 0 spiro atoms. The Balaban J connectivity index is 0.000000791. The molecule has 4 heteroatoms. The highest BCUT2D eigenvalue weighted by Gasteiger charge is 1.89.